The minimum absolute atomic E-state index is 0.154. The minimum Gasteiger partial charge on any atom is -0.441 e. The molecule has 1 aromatic carbocycles. The molecular weight excluding hydrogens is 228 g/mol. The summed E-state index contributed by atoms with van der Waals surface area (Å²) in [7, 11) is 0. The summed E-state index contributed by atoms with van der Waals surface area (Å²) >= 11 is 0. The number of nitriles is 1. The number of nitrogens with zero attached hydrogens (tertiary/aromatic N) is 4. The van der Waals surface area contributed by atoms with Gasteiger partial charge in [-0.15, -0.1) is 0 Å². The molecule has 0 spiro atoms. The van der Waals surface area contributed by atoms with E-state index in [1.165, 1.54) is 0 Å². The van der Waals surface area contributed by atoms with E-state index >= 15 is 0 Å². The lowest BCUT2D eigenvalue weighted by atomic mass is 10.1. The van der Waals surface area contributed by atoms with Gasteiger partial charge >= 0.3 is 0 Å². The first-order valence-corrected chi connectivity index (χ1v) is 5.37. The first-order chi connectivity index (χ1) is 8.76. The Morgan fingerprint density at radius 2 is 2.11 bits per heavy atom. The Bertz CT molecular complexity index is 770. The molecule has 5 heteroatoms. The van der Waals surface area contributed by atoms with Gasteiger partial charge in [0.25, 0.3) is 0 Å². The standard InChI is InChI=1S/C13H8N4O/c1-8-16-11-3-2-9(6-12(11)18-8)10-4-5-15-13(7-14)17-10/h2-6H,1H3. The van der Waals surface area contributed by atoms with Crippen molar-refractivity contribution in [3.05, 3.63) is 42.2 Å². The lowest BCUT2D eigenvalue weighted by molar-refractivity contribution is 0.561. The average molecular weight is 236 g/mol. The van der Waals surface area contributed by atoms with E-state index in [-0.39, 0.29) is 5.82 Å². The van der Waals surface area contributed by atoms with E-state index in [2.05, 4.69) is 15.0 Å². The van der Waals surface area contributed by atoms with Gasteiger partial charge in [-0.3, -0.25) is 0 Å². The van der Waals surface area contributed by atoms with Crippen LogP contribution in [0.3, 0.4) is 0 Å². The van der Waals surface area contributed by atoms with Gasteiger partial charge in [0.1, 0.15) is 11.6 Å². The van der Waals surface area contributed by atoms with Crippen molar-refractivity contribution >= 4 is 11.1 Å². The molecule has 0 bridgehead atoms. The van der Waals surface area contributed by atoms with Gasteiger partial charge in [0.05, 0.1) is 5.69 Å². The number of aryl methyl sites for hydroxylation is 1. The molecule has 3 aromatic rings. The molecule has 0 radical (unpaired) electrons. The van der Waals surface area contributed by atoms with E-state index in [4.69, 9.17) is 9.68 Å². The first-order valence-electron chi connectivity index (χ1n) is 5.37. The summed E-state index contributed by atoms with van der Waals surface area (Å²) in [6.07, 6.45) is 1.57. The third-order valence-corrected chi connectivity index (χ3v) is 2.55. The molecule has 2 heterocycles. The monoisotopic (exact) mass is 236 g/mol. The Balaban J connectivity index is 2.16. The first kappa shape index (κ1) is 10.4. The lowest BCUT2D eigenvalue weighted by Gasteiger charge is -1.99. The molecule has 2 aromatic heterocycles. The second kappa shape index (κ2) is 3.93. The normalized spacial score (nSPS) is 10.4. The smallest absolute Gasteiger partial charge is 0.232 e. The highest BCUT2D eigenvalue weighted by Gasteiger charge is 2.06. The highest BCUT2D eigenvalue weighted by Crippen LogP contribution is 2.23. The van der Waals surface area contributed by atoms with E-state index in [0.717, 1.165) is 11.1 Å². The second-order valence-electron chi connectivity index (χ2n) is 3.79. The molecule has 0 amide bonds. The van der Waals surface area contributed by atoms with E-state index in [0.29, 0.717) is 17.2 Å². The number of fused-ring (bicyclic) bond motifs is 1. The summed E-state index contributed by atoms with van der Waals surface area (Å²) in [5.74, 6) is 0.781. The topological polar surface area (TPSA) is 75.6 Å². The molecule has 18 heavy (non-hydrogen) atoms. The molecule has 0 aliphatic carbocycles. The van der Waals surface area contributed by atoms with Crippen LogP contribution in [0.1, 0.15) is 11.7 Å². The van der Waals surface area contributed by atoms with Crippen molar-refractivity contribution in [2.75, 3.05) is 0 Å². The van der Waals surface area contributed by atoms with Crippen molar-refractivity contribution in [2.24, 2.45) is 0 Å². The zero-order valence-electron chi connectivity index (χ0n) is 9.58. The van der Waals surface area contributed by atoms with Crippen molar-refractivity contribution in [3.8, 4) is 17.3 Å². The molecule has 0 saturated heterocycles. The molecule has 0 fully saturated rings. The zero-order valence-corrected chi connectivity index (χ0v) is 9.58. The molecule has 0 aliphatic rings. The van der Waals surface area contributed by atoms with Crippen LogP contribution in [-0.4, -0.2) is 15.0 Å². The van der Waals surface area contributed by atoms with Crippen LogP contribution in [-0.2, 0) is 0 Å². The highest BCUT2D eigenvalue weighted by atomic mass is 16.3. The van der Waals surface area contributed by atoms with Crippen molar-refractivity contribution in [1.82, 2.24) is 15.0 Å². The maximum absolute atomic E-state index is 8.78. The van der Waals surface area contributed by atoms with Crippen molar-refractivity contribution < 1.29 is 4.42 Å². The molecule has 5 nitrogen and oxygen atoms in total. The second-order valence-corrected chi connectivity index (χ2v) is 3.79. The van der Waals surface area contributed by atoms with Gasteiger partial charge < -0.3 is 4.42 Å². The van der Waals surface area contributed by atoms with Crippen molar-refractivity contribution in [1.29, 1.82) is 5.26 Å². The van der Waals surface area contributed by atoms with Gasteiger partial charge in [0, 0.05) is 18.7 Å². The van der Waals surface area contributed by atoms with Gasteiger partial charge in [-0.05, 0) is 18.2 Å². The Hall–Kier alpha value is -2.74. The quantitative estimate of drug-likeness (QED) is 0.648. The molecule has 0 atom stereocenters. The number of benzene rings is 1. The number of rotatable bonds is 1. The SMILES string of the molecule is Cc1nc2ccc(-c3ccnc(C#N)n3)cc2o1. The third-order valence-electron chi connectivity index (χ3n) is 2.55. The van der Waals surface area contributed by atoms with Crippen LogP contribution in [0.15, 0.2) is 34.9 Å². The van der Waals surface area contributed by atoms with Crippen LogP contribution in [0.2, 0.25) is 0 Å². The summed E-state index contributed by atoms with van der Waals surface area (Å²) in [6.45, 7) is 1.80. The molecule has 0 N–H and O–H groups in total. The number of aromatic nitrogens is 3. The third kappa shape index (κ3) is 1.70. The zero-order chi connectivity index (χ0) is 12.5. The van der Waals surface area contributed by atoms with Gasteiger partial charge in [-0.2, -0.15) is 5.26 Å². The van der Waals surface area contributed by atoms with Crippen LogP contribution in [0.5, 0.6) is 0 Å². The molecule has 86 valence electrons. The Morgan fingerprint density at radius 3 is 2.94 bits per heavy atom. The largest absolute Gasteiger partial charge is 0.441 e. The van der Waals surface area contributed by atoms with E-state index in [9.17, 15) is 0 Å². The predicted octanol–water partition coefficient (Wildman–Crippen LogP) is 2.46. The van der Waals surface area contributed by atoms with E-state index in [1.54, 1.807) is 19.2 Å². The van der Waals surface area contributed by atoms with E-state index < -0.39 is 0 Å². The van der Waals surface area contributed by atoms with Gasteiger partial charge in [0.2, 0.25) is 5.82 Å². The highest BCUT2D eigenvalue weighted by molar-refractivity contribution is 5.79. The summed E-state index contributed by atoms with van der Waals surface area (Å²) in [4.78, 5) is 12.2. The van der Waals surface area contributed by atoms with Crippen molar-refractivity contribution in [2.45, 2.75) is 6.92 Å². The molecule has 0 unspecified atom stereocenters. The van der Waals surface area contributed by atoms with Gasteiger partial charge in [-0.1, -0.05) is 6.07 Å². The van der Waals surface area contributed by atoms with Crippen LogP contribution in [0.25, 0.3) is 22.4 Å². The van der Waals surface area contributed by atoms with Crippen LogP contribution >= 0.6 is 0 Å². The molecule has 0 aliphatic heterocycles. The summed E-state index contributed by atoms with van der Waals surface area (Å²) in [5.41, 5.74) is 3.09. The van der Waals surface area contributed by atoms with Crippen LogP contribution in [0.4, 0.5) is 0 Å². The average Bonchev–Trinajstić information content (AvgIpc) is 2.77. The number of oxazole rings is 1. The Kier molecular flexibility index (Phi) is 2.27. The predicted molar refractivity (Wildman–Crippen MR) is 64.5 cm³/mol. The maximum Gasteiger partial charge on any atom is 0.232 e. The lowest BCUT2D eigenvalue weighted by Crippen LogP contribution is -1.90. The number of hydrogen-bond donors (Lipinski definition) is 0. The molecular formula is C13H8N4O. The summed E-state index contributed by atoms with van der Waals surface area (Å²) < 4.78 is 5.47. The fraction of sp³-hybridized carbons (Fsp3) is 0.0769. The van der Waals surface area contributed by atoms with Crippen molar-refractivity contribution in [3.63, 3.8) is 0 Å². The maximum atomic E-state index is 8.78. The Morgan fingerprint density at radius 1 is 1.22 bits per heavy atom. The van der Waals surface area contributed by atoms with Gasteiger partial charge in [-0.25, -0.2) is 15.0 Å². The summed E-state index contributed by atoms with van der Waals surface area (Å²) in [6, 6.07) is 9.30. The molecule has 3 rings (SSSR count). The summed E-state index contributed by atoms with van der Waals surface area (Å²) in [5, 5.41) is 8.78. The van der Waals surface area contributed by atoms with Crippen LogP contribution in [0, 0.1) is 18.3 Å². The fourth-order valence-corrected chi connectivity index (χ4v) is 1.77. The Labute approximate surface area is 103 Å². The van der Waals surface area contributed by atoms with Gasteiger partial charge in [0.15, 0.2) is 11.5 Å². The van der Waals surface area contributed by atoms with Crippen LogP contribution < -0.4 is 0 Å². The van der Waals surface area contributed by atoms with E-state index in [1.807, 2.05) is 24.3 Å². The molecule has 0 saturated carbocycles. The number of hydrogen-bond acceptors (Lipinski definition) is 5. The fourth-order valence-electron chi connectivity index (χ4n) is 1.77. The minimum atomic E-state index is 0.154.